The number of ether oxygens (including phenoxy) is 1. The molecule has 1 fully saturated rings. The van der Waals surface area contributed by atoms with Crippen LogP contribution in [0.5, 0.6) is 5.75 Å². The highest BCUT2D eigenvalue weighted by atomic mass is 35.5. The van der Waals surface area contributed by atoms with E-state index in [0.29, 0.717) is 6.04 Å². The second kappa shape index (κ2) is 6.78. The third-order valence-electron chi connectivity index (χ3n) is 3.36. The number of carbonyl (C=O) groups is 1. The maximum absolute atomic E-state index is 12.4. The van der Waals surface area contributed by atoms with Crippen LogP contribution in [0.2, 0.25) is 0 Å². The average molecular weight is 285 g/mol. The van der Waals surface area contributed by atoms with Gasteiger partial charge in [-0.3, -0.25) is 4.79 Å². The van der Waals surface area contributed by atoms with Crippen molar-refractivity contribution in [2.24, 2.45) is 0 Å². The lowest BCUT2D eigenvalue weighted by atomic mass is 10.1. The predicted octanol–water partition coefficient (Wildman–Crippen LogP) is 1.94. The Labute approximate surface area is 120 Å². The van der Waals surface area contributed by atoms with Crippen LogP contribution >= 0.6 is 12.4 Å². The molecule has 1 amide bonds. The summed E-state index contributed by atoms with van der Waals surface area (Å²) in [6, 6.07) is 7.87. The fraction of sp³-hybridized carbons (Fsp3) is 0.500. The van der Waals surface area contributed by atoms with Crippen LogP contribution in [0.3, 0.4) is 0 Å². The van der Waals surface area contributed by atoms with E-state index in [1.807, 2.05) is 29.2 Å². The van der Waals surface area contributed by atoms with E-state index in [-0.39, 0.29) is 24.4 Å². The third kappa shape index (κ3) is 3.61. The Morgan fingerprint density at radius 1 is 1.32 bits per heavy atom. The molecule has 1 aromatic rings. The summed E-state index contributed by atoms with van der Waals surface area (Å²) < 4.78 is 5.10. The molecule has 1 aliphatic heterocycles. The molecule has 0 bridgehead atoms. The number of amides is 1. The van der Waals surface area contributed by atoms with Gasteiger partial charge in [0, 0.05) is 30.7 Å². The number of nitrogens with zero attached hydrogens (tertiary/aromatic N) is 1. The Morgan fingerprint density at radius 2 is 1.95 bits per heavy atom. The van der Waals surface area contributed by atoms with Gasteiger partial charge in [-0.15, -0.1) is 12.4 Å². The molecule has 0 spiro atoms. The lowest BCUT2D eigenvalue weighted by molar-refractivity contribution is 0.0616. The molecule has 19 heavy (non-hydrogen) atoms. The SMILES string of the molecule is COc1ccc(C(=O)N2CC(C)NCC2C)cc1.Cl. The van der Waals surface area contributed by atoms with Gasteiger partial charge in [-0.25, -0.2) is 0 Å². The fourth-order valence-corrected chi connectivity index (χ4v) is 2.20. The zero-order valence-corrected chi connectivity index (χ0v) is 12.4. The molecule has 2 atom stereocenters. The topological polar surface area (TPSA) is 41.6 Å². The predicted molar refractivity (Wildman–Crippen MR) is 78.2 cm³/mol. The van der Waals surface area contributed by atoms with Crippen molar-refractivity contribution < 1.29 is 9.53 Å². The Morgan fingerprint density at radius 3 is 2.53 bits per heavy atom. The zero-order chi connectivity index (χ0) is 13.1. The molecule has 2 unspecified atom stereocenters. The van der Waals surface area contributed by atoms with E-state index >= 15 is 0 Å². The van der Waals surface area contributed by atoms with Gasteiger partial charge in [-0.05, 0) is 38.1 Å². The second-order valence-corrected chi connectivity index (χ2v) is 4.84. The molecule has 1 saturated heterocycles. The summed E-state index contributed by atoms with van der Waals surface area (Å²) in [6.45, 7) is 5.77. The van der Waals surface area contributed by atoms with Gasteiger partial charge in [0.15, 0.2) is 0 Å². The summed E-state index contributed by atoms with van der Waals surface area (Å²) in [5.41, 5.74) is 0.719. The summed E-state index contributed by atoms with van der Waals surface area (Å²) in [7, 11) is 1.62. The lowest BCUT2D eigenvalue weighted by Crippen LogP contribution is -2.56. The molecular formula is C14H21ClN2O2. The molecule has 5 heteroatoms. The van der Waals surface area contributed by atoms with Crippen molar-refractivity contribution in [1.82, 2.24) is 10.2 Å². The van der Waals surface area contributed by atoms with E-state index in [2.05, 4.69) is 19.2 Å². The summed E-state index contributed by atoms with van der Waals surface area (Å²) in [5, 5.41) is 3.37. The Hall–Kier alpha value is -1.26. The van der Waals surface area contributed by atoms with Crippen molar-refractivity contribution in [3.05, 3.63) is 29.8 Å². The first-order valence-electron chi connectivity index (χ1n) is 6.30. The first kappa shape index (κ1) is 15.8. The molecule has 0 aromatic heterocycles. The van der Waals surface area contributed by atoms with Crippen LogP contribution in [-0.4, -0.2) is 43.1 Å². The largest absolute Gasteiger partial charge is 0.497 e. The Bertz CT molecular complexity index is 422. The summed E-state index contributed by atoms with van der Waals surface area (Å²) in [6.07, 6.45) is 0. The number of hydrogen-bond donors (Lipinski definition) is 1. The maximum Gasteiger partial charge on any atom is 0.254 e. The minimum atomic E-state index is 0. The number of methoxy groups -OCH3 is 1. The van der Waals surface area contributed by atoms with Gasteiger partial charge in [-0.2, -0.15) is 0 Å². The number of halogens is 1. The number of nitrogens with one attached hydrogen (secondary N) is 1. The maximum atomic E-state index is 12.4. The van der Waals surface area contributed by atoms with Crippen molar-refractivity contribution in [2.45, 2.75) is 25.9 Å². The normalized spacial score (nSPS) is 22.6. The highest BCUT2D eigenvalue weighted by Crippen LogP contribution is 2.16. The van der Waals surface area contributed by atoms with Gasteiger partial charge in [-0.1, -0.05) is 0 Å². The Balaban J connectivity index is 0.00000180. The van der Waals surface area contributed by atoms with Gasteiger partial charge in [0.05, 0.1) is 7.11 Å². The van der Waals surface area contributed by atoms with Crippen LogP contribution in [0, 0.1) is 0 Å². The van der Waals surface area contributed by atoms with Crippen molar-refractivity contribution in [3.8, 4) is 5.75 Å². The van der Waals surface area contributed by atoms with E-state index in [1.165, 1.54) is 0 Å². The first-order chi connectivity index (χ1) is 8.61. The first-order valence-corrected chi connectivity index (χ1v) is 6.30. The van der Waals surface area contributed by atoms with E-state index < -0.39 is 0 Å². The quantitative estimate of drug-likeness (QED) is 0.902. The molecule has 1 aliphatic rings. The zero-order valence-electron chi connectivity index (χ0n) is 11.6. The number of benzene rings is 1. The molecule has 2 rings (SSSR count). The van der Waals surface area contributed by atoms with Crippen LogP contribution < -0.4 is 10.1 Å². The van der Waals surface area contributed by atoms with Crippen LogP contribution in [0.1, 0.15) is 24.2 Å². The lowest BCUT2D eigenvalue weighted by Gasteiger charge is -2.37. The molecule has 0 aliphatic carbocycles. The van der Waals surface area contributed by atoms with Crippen molar-refractivity contribution in [3.63, 3.8) is 0 Å². The number of piperazine rings is 1. The standard InChI is InChI=1S/C14H20N2O2.ClH/c1-10-9-16(11(2)8-15-10)14(17)12-4-6-13(18-3)7-5-12;/h4-7,10-11,15H,8-9H2,1-3H3;1H. The van der Waals surface area contributed by atoms with Gasteiger partial charge in [0.2, 0.25) is 0 Å². The second-order valence-electron chi connectivity index (χ2n) is 4.84. The minimum absolute atomic E-state index is 0. The van der Waals surface area contributed by atoms with Crippen molar-refractivity contribution in [2.75, 3.05) is 20.2 Å². The summed E-state index contributed by atoms with van der Waals surface area (Å²) >= 11 is 0. The number of hydrogen-bond acceptors (Lipinski definition) is 3. The van der Waals surface area contributed by atoms with Gasteiger partial charge in [0.25, 0.3) is 5.91 Å². The molecule has 0 radical (unpaired) electrons. The van der Waals surface area contributed by atoms with Gasteiger partial charge >= 0.3 is 0 Å². The van der Waals surface area contributed by atoms with Crippen LogP contribution in [0.4, 0.5) is 0 Å². The minimum Gasteiger partial charge on any atom is -0.497 e. The van der Waals surface area contributed by atoms with E-state index in [4.69, 9.17) is 4.74 Å². The average Bonchev–Trinajstić information content (AvgIpc) is 2.41. The van der Waals surface area contributed by atoms with E-state index in [0.717, 1.165) is 24.4 Å². The molecule has 1 heterocycles. The molecule has 1 aromatic carbocycles. The van der Waals surface area contributed by atoms with E-state index in [9.17, 15) is 4.79 Å². The molecule has 106 valence electrons. The number of carbonyl (C=O) groups excluding carboxylic acids is 1. The highest BCUT2D eigenvalue weighted by Gasteiger charge is 2.27. The van der Waals surface area contributed by atoms with Crippen molar-refractivity contribution >= 4 is 18.3 Å². The third-order valence-corrected chi connectivity index (χ3v) is 3.36. The summed E-state index contributed by atoms with van der Waals surface area (Å²) in [5.74, 6) is 0.867. The van der Waals surface area contributed by atoms with Crippen LogP contribution in [-0.2, 0) is 0 Å². The highest BCUT2D eigenvalue weighted by molar-refractivity contribution is 5.94. The van der Waals surface area contributed by atoms with Crippen LogP contribution in [0.15, 0.2) is 24.3 Å². The smallest absolute Gasteiger partial charge is 0.254 e. The van der Waals surface area contributed by atoms with Crippen molar-refractivity contribution in [1.29, 1.82) is 0 Å². The van der Waals surface area contributed by atoms with Gasteiger partial charge < -0.3 is 15.0 Å². The van der Waals surface area contributed by atoms with E-state index in [1.54, 1.807) is 7.11 Å². The molecular weight excluding hydrogens is 264 g/mol. The monoisotopic (exact) mass is 284 g/mol. The Kier molecular flexibility index (Phi) is 5.63. The fourth-order valence-electron chi connectivity index (χ4n) is 2.20. The molecule has 1 N–H and O–H groups in total. The molecule has 4 nitrogen and oxygen atoms in total. The summed E-state index contributed by atoms with van der Waals surface area (Å²) in [4.78, 5) is 14.3. The molecule has 0 saturated carbocycles. The number of rotatable bonds is 2. The van der Waals surface area contributed by atoms with Gasteiger partial charge in [0.1, 0.15) is 5.75 Å². The van der Waals surface area contributed by atoms with Crippen LogP contribution in [0.25, 0.3) is 0 Å².